The topological polar surface area (TPSA) is 61.8 Å². The van der Waals surface area contributed by atoms with Crippen LogP contribution in [0.1, 0.15) is 91.9 Å². The van der Waals surface area contributed by atoms with Crippen LogP contribution >= 0.6 is 24.4 Å². The van der Waals surface area contributed by atoms with Crippen LogP contribution in [-0.2, 0) is 23.8 Å². The van der Waals surface area contributed by atoms with E-state index in [-0.39, 0.29) is 29.0 Å². The monoisotopic (exact) mass is 534 g/mol. The lowest BCUT2D eigenvalue weighted by Crippen LogP contribution is -2.59. The average Bonchev–Trinajstić information content (AvgIpc) is 3.16. The van der Waals surface area contributed by atoms with Crippen LogP contribution in [0.3, 0.4) is 0 Å². The molecule has 0 aliphatic heterocycles. The predicted octanol–water partition coefficient (Wildman–Crippen LogP) is 6.35. The van der Waals surface area contributed by atoms with Crippen molar-refractivity contribution >= 4 is 46.1 Å². The van der Waals surface area contributed by atoms with Gasteiger partial charge in [0.05, 0.1) is 6.61 Å². The Morgan fingerprint density at radius 3 is 2.42 bits per heavy atom. The summed E-state index contributed by atoms with van der Waals surface area (Å²) in [5.41, 5.74) is 0.255. The smallest absolute Gasteiger partial charge is 0.202 e. The third kappa shape index (κ3) is 4.73. The van der Waals surface area contributed by atoms with Crippen LogP contribution in [0.2, 0.25) is 0 Å². The summed E-state index contributed by atoms with van der Waals surface area (Å²) in [7, 11) is 0. The largest absolute Gasteiger partial charge is 0.485 e. The number of allylic oxidation sites excluding steroid dienone is 1. The van der Waals surface area contributed by atoms with Crippen molar-refractivity contribution in [2.24, 2.45) is 28.6 Å². The number of carbonyl (C=O) groups is 2. The van der Waals surface area contributed by atoms with E-state index in [1.54, 1.807) is 0 Å². The highest BCUT2D eigenvalue weighted by molar-refractivity contribution is 7.80. The highest BCUT2D eigenvalue weighted by atomic mass is 32.1. The van der Waals surface area contributed by atoms with Crippen LogP contribution in [-0.4, -0.2) is 47.1 Å². The average molecular weight is 535 g/mol. The summed E-state index contributed by atoms with van der Waals surface area (Å²) < 4.78 is 17.7. The molecule has 4 aliphatic carbocycles. The maximum atomic E-state index is 13.9. The molecule has 0 unspecified atom stereocenters. The zero-order valence-electron chi connectivity index (χ0n) is 22.4. The predicted molar refractivity (Wildman–Crippen MR) is 148 cm³/mol. The molecule has 0 aromatic heterocycles. The molecule has 0 saturated heterocycles. The van der Waals surface area contributed by atoms with Gasteiger partial charge in [-0.15, -0.1) is 0 Å². The number of thiocarbonyl (C=S) groups is 2. The number of hydrogen-bond acceptors (Lipinski definition) is 7. The molecule has 0 N–H and O–H groups in total. The summed E-state index contributed by atoms with van der Waals surface area (Å²) in [5.74, 6) is 1.79. The molecule has 5 nitrogen and oxygen atoms in total. The number of carbonyl (C=O) groups excluding carboxylic acids is 2. The third-order valence-corrected chi connectivity index (χ3v) is 10.9. The van der Waals surface area contributed by atoms with Gasteiger partial charge < -0.3 is 14.2 Å². The molecule has 0 spiro atoms. The molecule has 4 aliphatic rings. The number of ketones is 2. The van der Waals surface area contributed by atoms with Crippen molar-refractivity contribution in [2.75, 3.05) is 19.8 Å². The zero-order chi connectivity index (χ0) is 26.1. The van der Waals surface area contributed by atoms with Gasteiger partial charge >= 0.3 is 0 Å². The molecule has 36 heavy (non-hydrogen) atoms. The molecule has 3 saturated carbocycles. The van der Waals surface area contributed by atoms with Gasteiger partial charge in [0.25, 0.3) is 0 Å². The Hall–Kier alpha value is -1.18. The molecule has 0 amide bonds. The molecule has 0 aromatic rings. The normalized spacial score (nSPS) is 37.3. The van der Waals surface area contributed by atoms with Crippen molar-refractivity contribution in [3.63, 3.8) is 0 Å². The van der Waals surface area contributed by atoms with Crippen LogP contribution < -0.4 is 0 Å². The SMILES string of the molecule is CCC(=S)OCCOCC(=O)[C@@]1(OC(=S)CC)CC[C@H]2[C@@H]3CCC4=CC(=O)CC[C@]4(C)[C@H]3CC[C@@]21C. The van der Waals surface area contributed by atoms with E-state index in [9.17, 15) is 9.59 Å². The fourth-order valence-electron chi connectivity index (χ4n) is 8.10. The number of ether oxygens (including phenoxy) is 3. The number of fused-ring (bicyclic) bond motifs is 5. The van der Waals surface area contributed by atoms with Crippen molar-refractivity contribution < 1.29 is 23.8 Å². The lowest BCUT2D eigenvalue weighted by molar-refractivity contribution is -0.162. The second-order valence-corrected chi connectivity index (χ2v) is 12.6. The Bertz CT molecular complexity index is 944. The Morgan fingerprint density at radius 1 is 0.972 bits per heavy atom. The zero-order valence-corrected chi connectivity index (χ0v) is 24.0. The lowest BCUT2D eigenvalue weighted by Gasteiger charge is -2.59. The van der Waals surface area contributed by atoms with Crippen molar-refractivity contribution in [1.29, 1.82) is 0 Å². The van der Waals surface area contributed by atoms with E-state index in [0.717, 1.165) is 38.5 Å². The maximum Gasteiger partial charge on any atom is 0.202 e. The van der Waals surface area contributed by atoms with Crippen molar-refractivity contribution in [2.45, 2.75) is 97.5 Å². The van der Waals surface area contributed by atoms with E-state index in [2.05, 4.69) is 13.8 Å². The van der Waals surface area contributed by atoms with Crippen molar-refractivity contribution in [3.8, 4) is 0 Å². The first kappa shape index (κ1) is 27.8. The number of rotatable bonds is 9. The van der Waals surface area contributed by atoms with Gasteiger partial charge in [-0.25, -0.2) is 0 Å². The van der Waals surface area contributed by atoms with Gasteiger partial charge in [0, 0.05) is 24.7 Å². The van der Waals surface area contributed by atoms with E-state index < -0.39 is 5.60 Å². The first-order chi connectivity index (χ1) is 17.1. The Labute approximate surface area is 227 Å². The number of hydrogen-bond donors (Lipinski definition) is 0. The maximum absolute atomic E-state index is 13.9. The summed E-state index contributed by atoms with van der Waals surface area (Å²) in [4.78, 5) is 26.0. The van der Waals surface area contributed by atoms with E-state index in [1.807, 2.05) is 19.9 Å². The first-order valence-corrected chi connectivity index (χ1v) is 14.7. The molecule has 3 fully saturated rings. The Kier molecular flexibility index (Phi) is 8.43. The van der Waals surface area contributed by atoms with Crippen LogP contribution in [0.4, 0.5) is 0 Å². The molecular formula is C29H42O5S2. The number of Topliss-reactive ketones (excluding diaryl/α,β-unsaturated/α-hetero) is 1. The van der Waals surface area contributed by atoms with Gasteiger partial charge in [-0.2, -0.15) is 0 Å². The summed E-state index contributed by atoms with van der Waals surface area (Å²) in [6.45, 7) is 9.26. The highest BCUT2D eigenvalue weighted by Crippen LogP contribution is 2.68. The van der Waals surface area contributed by atoms with Gasteiger partial charge in [0.2, 0.25) is 5.78 Å². The quantitative estimate of drug-likeness (QED) is 0.252. The van der Waals surface area contributed by atoms with Crippen LogP contribution in [0.5, 0.6) is 0 Å². The fourth-order valence-corrected chi connectivity index (χ4v) is 8.33. The Balaban J connectivity index is 1.54. The minimum atomic E-state index is -0.936. The second-order valence-electron chi connectivity index (χ2n) is 11.7. The van der Waals surface area contributed by atoms with E-state index >= 15 is 0 Å². The standard InChI is InChI=1S/C29H42O5S2/c1-5-25(35)33-16-15-32-18-24(31)29(34-26(36)6-2)14-11-23-21-8-7-19-17-20(30)9-12-27(19,3)22(21)10-13-28(23,29)4/h17,21-23H,5-16,18H2,1-4H3/t21-,22+,23+,27+,28+,29+/m1/s1. The van der Waals surface area contributed by atoms with Crippen LogP contribution in [0, 0.1) is 28.6 Å². The first-order valence-electron chi connectivity index (χ1n) is 13.8. The lowest BCUT2D eigenvalue weighted by atomic mass is 9.46. The molecule has 6 atom stereocenters. The van der Waals surface area contributed by atoms with Crippen LogP contribution in [0.15, 0.2) is 11.6 Å². The van der Waals surface area contributed by atoms with Crippen molar-refractivity contribution in [3.05, 3.63) is 11.6 Å². The highest BCUT2D eigenvalue weighted by Gasteiger charge is 2.68. The fraction of sp³-hybridized carbons (Fsp3) is 0.793. The summed E-state index contributed by atoms with van der Waals surface area (Å²) in [6.07, 6.45) is 10.6. The van der Waals surface area contributed by atoms with E-state index in [4.69, 9.17) is 38.6 Å². The molecule has 200 valence electrons. The summed E-state index contributed by atoms with van der Waals surface area (Å²) >= 11 is 10.7. The second kappa shape index (κ2) is 10.9. The van der Waals surface area contributed by atoms with Crippen molar-refractivity contribution in [1.82, 2.24) is 0 Å². The van der Waals surface area contributed by atoms with Gasteiger partial charge in [-0.05, 0) is 98.6 Å². The summed E-state index contributed by atoms with van der Waals surface area (Å²) in [6, 6.07) is 0. The van der Waals surface area contributed by atoms with Gasteiger partial charge in [-0.1, -0.05) is 33.3 Å². The summed E-state index contributed by atoms with van der Waals surface area (Å²) in [5, 5.41) is 1.07. The molecule has 0 heterocycles. The van der Waals surface area contributed by atoms with Gasteiger partial charge in [0.15, 0.2) is 21.5 Å². The third-order valence-electron chi connectivity index (χ3n) is 10.1. The Morgan fingerprint density at radius 2 is 1.69 bits per heavy atom. The molecular weight excluding hydrogens is 492 g/mol. The molecule has 0 radical (unpaired) electrons. The minimum Gasteiger partial charge on any atom is -0.485 e. The van der Waals surface area contributed by atoms with E-state index in [0.29, 0.717) is 66.8 Å². The van der Waals surface area contributed by atoms with Crippen LogP contribution in [0.25, 0.3) is 0 Å². The molecule has 7 heteroatoms. The molecule has 0 aromatic carbocycles. The minimum absolute atomic E-state index is 0.00229. The molecule has 4 rings (SSSR count). The molecule has 0 bridgehead atoms. The van der Waals surface area contributed by atoms with E-state index in [1.165, 1.54) is 5.57 Å². The van der Waals surface area contributed by atoms with Gasteiger partial charge in [-0.3, -0.25) is 9.59 Å². The van der Waals surface area contributed by atoms with Gasteiger partial charge in [0.1, 0.15) is 13.2 Å².